The number of rotatable bonds is 6. The minimum absolute atomic E-state index is 0.276. The molecule has 0 radical (unpaired) electrons. The fraction of sp³-hybridized carbons (Fsp3) is 1.00. The van der Waals surface area contributed by atoms with Gasteiger partial charge in [-0.05, 0) is 44.1 Å². The molecule has 84 valence electrons. The van der Waals surface area contributed by atoms with Crippen molar-refractivity contribution in [1.82, 2.24) is 0 Å². The van der Waals surface area contributed by atoms with Crippen LogP contribution in [0.2, 0.25) is 0 Å². The molecule has 2 unspecified atom stereocenters. The summed E-state index contributed by atoms with van der Waals surface area (Å²) in [4.78, 5) is 0. The Hall–Kier alpha value is -0.0900. The lowest BCUT2D eigenvalue weighted by atomic mass is 9.71. The van der Waals surface area contributed by atoms with Crippen LogP contribution in [-0.2, 0) is 9.84 Å². The van der Waals surface area contributed by atoms with Crippen molar-refractivity contribution < 1.29 is 8.42 Å². The van der Waals surface area contributed by atoms with E-state index in [9.17, 15) is 8.42 Å². The highest BCUT2D eigenvalue weighted by Crippen LogP contribution is 2.36. The molecule has 1 aliphatic carbocycles. The van der Waals surface area contributed by atoms with Crippen LogP contribution in [0.25, 0.3) is 0 Å². The van der Waals surface area contributed by atoms with E-state index in [2.05, 4.69) is 0 Å². The molecule has 3 nitrogen and oxygen atoms in total. The van der Waals surface area contributed by atoms with Gasteiger partial charge in [0.25, 0.3) is 0 Å². The van der Waals surface area contributed by atoms with Crippen LogP contribution in [0.15, 0.2) is 0 Å². The predicted octanol–water partition coefficient (Wildman–Crippen LogP) is 1.19. The molecule has 4 heteroatoms. The maximum absolute atomic E-state index is 11.2. The van der Waals surface area contributed by atoms with Crippen molar-refractivity contribution in [2.45, 2.75) is 32.6 Å². The first-order chi connectivity index (χ1) is 6.59. The summed E-state index contributed by atoms with van der Waals surface area (Å²) in [5, 5.41) is 0. The van der Waals surface area contributed by atoms with E-state index in [1.807, 2.05) is 0 Å². The summed E-state index contributed by atoms with van der Waals surface area (Å²) in [5.41, 5.74) is 5.59. The van der Waals surface area contributed by atoms with Crippen LogP contribution >= 0.6 is 0 Å². The molecule has 2 atom stereocenters. The molecule has 0 amide bonds. The third kappa shape index (κ3) is 3.24. The molecule has 0 bridgehead atoms. The molecule has 1 fully saturated rings. The van der Waals surface area contributed by atoms with Crippen LogP contribution in [-0.4, -0.2) is 26.5 Å². The van der Waals surface area contributed by atoms with Gasteiger partial charge in [0.2, 0.25) is 0 Å². The maximum atomic E-state index is 11.2. The van der Waals surface area contributed by atoms with Crippen molar-refractivity contribution in [1.29, 1.82) is 0 Å². The van der Waals surface area contributed by atoms with Crippen molar-refractivity contribution in [3.8, 4) is 0 Å². The quantitative estimate of drug-likeness (QED) is 0.730. The Morgan fingerprint density at radius 2 is 1.93 bits per heavy atom. The third-order valence-corrected chi connectivity index (χ3v) is 5.14. The summed E-state index contributed by atoms with van der Waals surface area (Å²) in [6.07, 6.45) is 4.34. The average Bonchev–Trinajstić information content (AvgIpc) is 2.11. The van der Waals surface area contributed by atoms with Crippen LogP contribution in [0.1, 0.15) is 32.6 Å². The number of hydrogen-bond acceptors (Lipinski definition) is 3. The van der Waals surface area contributed by atoms with E-state index < -0.39 is 9.84 Å². The summed E-state index contributed by atoms with van der Waals surface area (Å²) in [6, 6.07) is 0. The van der Waals surface area contributed by atoms with Crippen molar-refractivity contribution >= 4 is 9.84 Å². The fourth-order valence-corrected chi connectivity index (χ4v) is 2.93. The number of nitrogens with two attached hydrogens (primary N) is 1. The van der Waals surface area contributed by atoms with E-state index in [0.717, 1.165) is 19.4 Å². The Bertz CT molecular complexity index is 259. The average molecular weight is 219 g/mol. The van der Waals surface area contributed by atoms with Gasteiger partial charge in [0.15, 0.2) is 0 Å². The lowest BCUT2D eigenvalue weighted by Crippen LogP contribution is -2.32. The summed E-state index contributed by atoms with van der Waals surface area (Å²) >= 11 is 0. The van der Waals surface area contributed by atoms with Crippen molar-refractivity contribution in [3.05, 3.63) is 0 Å². The van der Waals surface area contributed by atoms with Gasteiger partial charge in [-0.3, -0.25) is 0 Å². The Morgan fingerprint density at radius 1 is 1.29 bits per heavy atom. The van der Waals surface area contributed by atoms with Crippen molar-refractivity contribution in [2.75, 3.05) is 18.1 Å². The smallest absolute Gasteiger partial charge is 0.150 e. The molecule has 1 rings (SSSR count). The Kier molecular flexibility index (Phi) is 4.38. The fourth-order valence-electron chi connectivity index (χ4n) is 2.04. The van der Waals surface area contributed by atoms with Crippen LogP contribution in [0.5, 0.6) is 0 Å². The molecule has 0 aromatic carbocycles. The van der Waals surface area contributed by atoms with Crippen LogP contribution < -0.4 is 5.73 Å². The van der Waals surface area contributed by atoms with Crippen molar-refractivity contribution in [2.24, 2.45) is 17.6 Å². The minimum atomic E-state index is -2.75. The normalized spacial score (nSPS) is 27.3. The molecule has 1 saturated carbocycles. The first kappa shape index (κ1) is 12.0. The standard InChI is InChI=1S/C10H21NO2S/c1-2-14(12,13)7-3-4-9-5-6-10(9)8-11/h9-10H,2-8,11H2,1H3. The van der Waals surface area contributed by atoms with Crippen LogP contribution in [0.3, 0.4) is 0 Å². The molecular formula is C10H21NO2S. The molecule has 0 spiro atoms. The lowest BCUT2D eigenvalue weighted by molar-refractivity contribution is 0.171. The van der Waals surface area contributed by atoms with Gasteiger partial charge in [0.05, 0.1) is 5.75 Å². The van der Waals surface area contributed by atoms with E-state index in [-0.39, 0.29) is 5.75 Å². The van der Waals surface area contributed by atoms with Gasteiger partial charge in [-0.1, -0.05) is 6.92 Å². The van der Waals surface area contributed by atoms with Crippen molar-refractivity contribution in [3.63, 3.8) is 0 Å². The molecule has 0 aliphatic heterocycles. The summed E-state index contributed by atoms with van der Waals surface area (Å²) < 4.78 is 22.4. The van der Waals surface area contributed by atoms with Gasteiger partial charge in [-0.15, -0.1) is 0 Å². The topological polar surface area (TPSA) is 60.2 Å². The van der Waals surface area contributed by atoms with Gasteiger partial charge < -0.3 is 5.73 Å². The second-order valence-corrected chi connectivity index (χ2v) is 6.68. The molecule has 1 aliphatic rings. The Labute approximate surface area is 87.0 Å². The number of sulfone groups is 1. The first-order valence-electron chi connectivity index (χ1n) is 5.49. The van der Waals surface area contributed by atoms with Gasteiger partial charge in [0.1, 0.15) is 9.84 Å². The summed E-state index contributed by atoms with van der Waals surface area (Å²) in [5.74, 6) is 2.00. The third-order valence-electron chi connectivity index (χ3n) is 3.35. The summed E-state index contributed by atoms with van der Waals surface area (Å²) in [7, 11) is -2.75. The molecule has 14 heavy (non-hydrogen) atoms. The molecule has 0 aromatic heterocycles. The largest absolute Gasteiger partial charge is 0.330 e. The Morgan fingerprint density at radius 3 is 2.36 bits per heavy atom. The summed E-state index contributed by atoms with van der Waals surface area (Å²) in [6.45, 7) is 2.48. The highest BCUT2D eigenvalue weighted by atomic mass is 32.2. The maximum Gasteiger partial charge on any atom is 0.150 e. The van der Waals surface area contributed by atoms with Crippen LogP contribution in [0, 0.1) is 11.8 Å². The van der Waals surface area contributed by atoms with E-state index in [0.29, 0.717) is 17.6 Å². The Balaban J connectivity index is 2.16. The zero-order chi connectivity index (χ0) is 10.6. The van der Waals surface area contributed by atoms with Gasteiger partial charge >= 0.3 is 0 Å². The second-order valence-electron chi connectivity index (χ2n) is 4.21. The SMILES string of the molecule is CCS(=O)(=O)CCCC1CCC1CN. The van der Waals surface area contributed by atoms with Gasteiger partial charge in [-0.25, -0.2) is 8.42 Å². The van der Waals surface area contributed by atoms with Gasteiger partial charge in [-0.2, -0.15) is 0 Å². The van der Waals surface area contributed by atoms with E-state index in [4.69, 9.17) is 5.73 Å². The molecule has 2 N–H and O–H groups in total. The van der Waals surface area contributed by atoms with E-state index in [1.54, 1.807) is 6.92 Å². The second kappa shape index (κ2) is 5.12. The molecular weight excluding hydrogens is 198 g/mol. The van der Waals surface area contributed by atoms with E-state index in [1.165, 1.54) is 12.8 Å². The molecule has 0 aromatic rings. The minimum Gasteiger partial charge on any atom is -0.330 e. The molecule has 0 saturated heterocycles. The highest BCUT2D eigenvalue weighted by Gasteiger charge is 2.28. The number of hydrogen-bond donors (Lipinski definition) is 1. The molecule has 0 heterocycles. The first-order valence-corrected chi connectivity index (χ1v) is 7.31. The van der Waals surface area contributed by atoms with Crippen LogP contribution in [0.4, 0.5) is 0 Å². The monoisotopic (exact) mass is 219 g/mol. The lowest BCUT2D eigenvalue weighted by Gasteiger charge is -2.35. The zero-order valence-electron chi connectivity index (χ0n) is 8.91. The van der Waals surface area contributed by atoms with E-state index >= 15 is 0 Å². The predicted molar refractivity (Wildman–Crippen MR) is 58.8 cm³/mol. The zero-order valence-corrected chi connectivity index (χ0v) is 9.72. The van der Waals surface area contributed by atoms with Gasteiger partial charge in [0, 0.05) is 5.75 Å². The highest BCUT2D eigenvalue weighted by molar-refractivity contribution is 7.91.